The molecule has 1 fully saturated rings. The minimum absolute atomic E-state index is 0.00149. The van der Waals surface area contributed by atoms with Gasteiger partial charge in [0.05, 0.1) is 11.8 Å². The molecule has 0 spiro atoms. The van der Waals surface area contributed by atoms with Gasteiger partial charge in [-0.2, -0.15) is 0 Å². The lowest BCUT2D eigenvalue weighted by Crippen LogP contribution is -2.51. The molecule has 1 aromatic heterocycles. The number of carbonyl (C=O) groups excluding carboxylic acids is 1. The highest BCUT2D eigenvalue weighted by atomic mass is 16.5. The van der Waals surface area contributed by atoms with Crippen molar-refractivity contribution >= 4 is 5.91 Å². The first-order valence-electron chi connectivity index (χ1n) is 6.13. The fraction of sp³-hybridized carbons (Fsp3) is 0.667. The van der Waals surface area contributed by atoms with Gasteiger partial charge in [0.15, 0.2) is 0 Å². The lowest BCUT2D eigenvalue weighted by Gasteiger charge is -2.37. The number of nitrogens with two attached hydrogens (primary N) is 1. The molecule has 100 valence electrons. The minimum Gasteiger partial charge on any atom is -0.381 e. The molecule has 6 heteroatoms. The number of methoxy groups -OCH3 is 1. The number of amides is 1. The van der Waals surface area contributed by atoms with Crippen LogP contribution in [0.1, 0.15) is 29.1 Å². The Balaban J connectivity index is 2.10. The third kappa shape index (κ3) is 2.54. The van der Waals surface area contributed by atoms with Gasteiger partial charge in [0.25, 0.3) is 5.91 Å². The summed E-state index contributed by atoms with van der Waals surface area (Å²) >= 11 is 0. The first-order chi connectivity index (χ1) is 8.65. The maximum absolute atomic E-state index is 12.3. The number of ether oxygens (including phenoxy) is 1. The summed E-state index contributed by atoms with van der Waals surface area (Å²) in [6.45, 7) is 2.86. The number of carbonyl (C=O) groups is 1. The lowest BCUT2D eigenvalue weighted by atomic mass is 9.99. The highest BCUT2D eigenvalue weighted by molar-refractivity contribution is 5.91. The monoisotopic (exact) mass is 253 g/mol. The summed E-state index contributed by atoms with van der Waals surface area (Å²) in [4.78, 5) is 14.0. The second-order valence-electron chi connectivity index (χ2n) is 4.60. The van der Waals surface area contributed by atoms with Gasteiger partial charge in [-0.15, -0.1) is 0 Å². The normalized spacial score (nSPS) is 24.3. The number of hydrogen-bond acceptors (Lipinski definition) is 5. The van der Waals surface area contributed by atoms with E-state index < -0.39 is 0 Å². The molecule has 1 aromatic rings. The average Bonchev–Trinajstić information content (AvgIpc) is 2.83. The quantitative estimate of drug-likeness (QED) is 0.851. The van der Waals surface area contributed by atoms with Crippen molar-refractivity contribution in [2.24, 2.45) is 5.73 Å². The molecule has 0 aliphatic carbocycles. The van der Waals surface area contributed by atoms with Gasteiger partial charge in [0, 0.05) is 32.3 Å². The van der Waals surface area contributed by atoms with E-state index in [1.807, 2.05) is 0 Å². The Kier molecular flexibility index (Phi) is 3.98. The van der Waals surface area contributed by atoms with Crippen LogP contribution in [0.15, 0.2) is 10.6 Å². The number of piperidine rings is 1. The summed E-state index contributed by atoms with van der Waals surface area (Å²) in [5.74, 6) is 0.141. The molecule has 18 heavy (non-hydrogen) atoms. The van der Waals surface area contributed by atoms with E-state index in [-0.39, 0.29) is 23.8 Å². The van der Waals surface area contributed by atoms with E-state index in [0.29, 0.717) is 18.8 Å². The van der Waals surface area contributed by atoms with Crippen molar-refractivity contribution in [1.29, 1.82) is 0 Å². The second kappa shape index (κ2) is 5.49. The molecule has 0 bridgehead atoms. The van der Waals surface area contributed by atoms with Crippen molar-refractivity contribution in [3.8, 4) is 0 Å². The number of rotatable bonds is 3. The van der Waals surface area contributed by atoms with Crippen molar-refractivity contribution < 1.29 is 14.1 Å². The van der Waals surface area contributed by atoms with Crippen LogP contribution in [-0.2, 0) is 4.74 Å². The zero-order valence-electron chi connectivity index (χ0n) is 10.8. The Morgan fingerprint density at radius 2 is 2.50 bits per heavy atom. The molecular weight excluding hydrogens is 234 g/mol. The Morgan fingerprint density at radius 3 is 3.06 bits per heavy atom. The fourth-order valence-corrected chi connectivity index (χ4v) is 2.33. The average molecular weight is 253 g/mol. The van der Waals surface area contributed by atoms with Gasteiger partial charge in [0.1, 0.15) is 0 Å². The number of aromatic nitrogens is 1. The van der Waals surface area contributed by atoms with Crippen LogP contribution in [0.2, 0.25) is 0 Å². The SMILES string of the molecule is COC1CCN(C(=O)c2cc(C)no2)C(CN)C1. The summed E-state index contributed by atoms with van der Waals surface area (Å²) in [5, 5.41) is 3.74. The van der Waals surface area contributed by atoms with Gasteiger partial charge in [0.2, 0.25) is 5.76 Å². The third-order valence-electron chi connectivity index (χ3n) is 3.37. The van der Waals surface area contributed by atoms with Crippen LogP contribution in [0.3, 0.4) is 0 Å². The zero-order valence-corrected chi connectivity index (χ0v) is 10.8. The molecule has 2 unspecified atom stereocenters. The van der Waals surface area contributed by atoms with Crippen LogP contribution in [-0.4, -0.2) is 48.3 Å². The molecule has 1 aliphatic heterocycles. The molecule has 0 radical (unpaired) electrons. The molecular formula is C12H19N3O3. The van der Waals surface area contributed by atoms with Crippen LogP contribution < -0.4 is 5.73 Å². The van der Waals surface area contributed by atoms with Crippen LogP contribution in [0.5, 0.6) is 0 Å². The smallest absolute Gasteiger partial charge is 0.292 e. The summed E-state index contributed by atoms with van der Waals surface area (Å²) in [6, 6.07) is 1.65. The zero-order chi connectivity index (χ0) is 13.1. The van der Waals surface area contributed by atoms with Crippen LogP contribution >= 0.6 is 0 Å². The van der Waals surface area contributed by atoms with E-state index in [2.05, 4.69) is 5.16 Å². The molecule has 1 aliphatic rings. The third-order valence-corrected chi connectivity index (χ3v) is 3.37. The van der Waals surface area contributed by atoms with Gasteiger partial charge in [-0.1, -0.05) is 5.16 Å². The highest BCUT2D eigenvalue weighted by Crippen LogP contribution is 2.21. The Morgan fingerprint density at radius 1 is 1.72 bits per heavy atom. The Hall–Kier alpha value is -1.40. The molecule has 1 amide bonds. The van der Waals surface area contributed by atoms with Gasteiger partial charge < -0.3 is 19.9 Å². The molecule has 2 rings (SSSR count). The van der Waals surface area contributed by atoms with E-state index in [1.54, 1.807) is 25.0 Å². The summed E-state index contributed by atoms with van der Waals surface area (Å²) in [5.41, 5.74) is 6.44. The van der Waals surface area contributed by atoms with E-state index in [4.69, 9.17) is 15.0 Å². The molecule has 2 N–H and O–H groups in total. The Labute approximate surface area is 106 Å². The maximum atomic E-state index is 12.3. The van der Waals surface area contributed by atoms with Gasteiger partial charge in [-0.3, -0.25) is 4.79 Å². The standard InChI is InChI=1S/C12H19N3O3/c1-8-5-11(18-14-8)12(16)15-4-3-10(17-2)6-9(15)7-13/h5,9-10H,3-4,6-7,13H2,1-2H3. The molecule has 0 aromatic carbocycles. The van der Waals surface area contributed by atoms with E-state index in [9.17, 15) is 4.79 Å². The Bertz CT molecular complexity index is 418. The second-order valence-corrected chi connectivity index (χ2v) is 4.60. The maximum Gasteiger partial charge on any atom is 0.292 e. The molecule has 6 nitrogen and oxygen atoms in total. The fourth-order valence-electron chi connectivity index (χ4n) is 2.33. The van der Waals surface area contributed by atoms with Crippen molar-refractivity contribution in [2.75, 3.05) is 20.2 Å². The predicted octanol–water partition coefficient (Wildman–Crippen LogP) is 0.561. The number of hydrogen-bond donors (Lipinski definition) is 1. The summed E-state index contributed by atoms with van der Waals surface area (Å²) in [6.07, 6.45) is 1.77. The minimum atomic E-state index is -0.138. The molecule has 0 saturated carbocycles. The largest absolute Gasteiger partial charge is 0.381 e. The van der Waals surface area contributed by atoms with Crippen molar-refractivity contribution in [3.63, 3.8) is 0 Å². The van der Waals surface area contributed by atoms with E-state index in [1.165, 1.54) is 0 Å². The van der Waals surface area contributed by atoms with Crippen molar-refractivity contribution in [3.05, 3.63) is 17.5 Å². The lowest BCUT2D eigenvalue weighted by molar-refractivity contribution is 0.0120. The van der Waals surface area contributed by atoms with Crippen LogP contribution in [0, 0.1) is 6.92 Å². The predicted molar refractivity (Wildman–Crippen MR) is 65.1 cm³/mol. The molecule has 1 saturated heterocycles. The topological polar surface area (TPSA) is 81.6 Å². The van der Waals surface area contributed by atoms with Gasteiger partial charge in [-0.25, -0.2) is 0 Å². The number of nitrogens with zero attached hydrogens (tertiary/aromatic N) is 2. The summed E-state index contributed by atoms with van der Waals surface area (Å²) in [7, 11) is 1.69. The molecule has 2 heterocycles. The molecule has 2 atom stereocenters. The van der Waals surface area contributed by atoms with Crippen LogP contribution in [0.25, 0.3) is 0 Å². The summed E-state index contributed by atoms with van der Waals surface area (Å²) < 4.78 is 10.3. The number of likely N-dealkylation sites (tertiary alicyclic amines) is 1. The highest BCUT2D eigenvalue weighted by Gasteiger charge is 2.32. The van der Waals surface area contributed by atoms with E-state index >= 15 is 0 Å². The van der Waals surface area contributed by atoms with E-state index in [0.717, 1.165) is 12.8 Å². The first-order valence-corrected chi connectivity index (χ1v) is 6.13. The van der Waals surface area contributed by atoms with Crippen LogP contribution in [0.4, 0.5) is 0 Å². The van der Waals surface area contributed by atoms with Crippen molar-refractivity contribution in [2.45, 2.75) is 31.9 Å². The number of aryl methyl sites for hydroxylation is 1. The van der Waals surface area contributed by atoms with Gasteiger partial charge in [-0.05, 0) is 19.8 Å². The van der Waals surface area contributed by atoms with Gasteiger partial charge >= 0.3 is 0 Å². The van der Waals surface area contributed by atoms with Crippen molar-refractivity contribution in [1.82, 2.24) is 10.1 Å². The first kappa shape index (κ1) is 13.0.